The highest BCUT2D eigenvalue weighted by atomic mass is 19.1. The number of carbonyl (C=O) groups is 1. The number of aromatic nitrogens is 4. The summed E-state index contributed by atoms with van der Waals surface area (Å²) in [6, 6.07) is 7.21. The van der Waals surface area contributed by atoms with Crippen molar-refractivity contribution in [1.82, 2.24) is 19.9 Å². The van der Waals surface area contributed by atoms with Gasteiger partial charge in [-0.25, -0.2) is 28.5 Å². The van der Waals surface area contributed by atoms with Crippen molar-refractivity contribution < 1.29 is 18.3 Å². The molecular weight excluding hydrogens is 392 g/mol. The maximum Gasteiger partial charge on any atom is 0.339 e. The molecule has 0 aliphatic rings. The summed E-state index contributed by atoms with van der Waals surface area (Å²) in [5.74, 6) is -1.24. The number of pyridine rings is 1. The minimum atomic E-state index is -0.624. The number of H-pyrrole nitrogens is 1. The standard InChI is InChI=1S/C21H17F2N5O2/c1-11(12-3-5-14(22)6-4-12)27-20-17(23)10-26-19(28-20)16-9-25-18-15(16)7-13(8-24-18)21(29)30-2/h3-11H,1-2H3,(H,24,25)(H,26,27,28)/t11-/m0/s1. The van der Waals surface area contributed by atoms with Crippen molar-refractivity contribution in [2.75, 3.05) is 12.4 Å². The number of anilines is 1. The Kier molecular flexibility index (Phi) is 5.09. The van der Waals surface area contributed by atoms with Crippen molar-refractivity contribution in [3.8, 4) is 11.4 Å². The lowest BCUT2D eigenvalue weighted by Gasteiger charge is -2.16. The summed E-state index contributed by atoms with van der Waals surface area (Å²) in [5.41, 5.74) is 2.13. The molecular formula is C21H17F2N5O2. The average Bonchev–Trinajstić information content (AvgIpc) is 3.18. The maximum atomic E-state index is 14.4. The number of esters is 1. The lowest BCUT2D eigenvalue weighted by molar-refractivity contribution is 0.0600. The van der Waals surface area contributed by atoms with E-state index in [1.807, 2.05) is 6.92 Å². The molecule has 1 atom stereocenters. The first-order chi connectivity index (χ1) is 14.5. The molecule has 1 aromatic carbocycles. The SMILES string of the molecule is COC(=O)c1cnc2[nH]cc(-c3ncc(F)c(N[C@@H](C)c4ccc(F)cc4)n3)c2c1. The zero-order valence-electron chi connectivity index (χ0n) is 16.1. The van der Waals surface area contributed by atoms with Crippen LogP contribution in [0, 0.1) is 11.6 Å². The molecule has 0 radical (unpaired) electrons. The zero-order valence-corrected chi connectivity index (χ0v) is 16.1. The molecule has 0 saturated carbocycles. The van der Waals surface area contributed by atoms with Gasteiger partial charge in [0.2, 0.25) is 0 Å². The first-order valence-corrected chi connectivity index (χ1v) is 9.06. The molecule has 0 saturated heterocycles. The minimum absolute atomic E-state index is 0.00302. The fraction of sp³-hybridized carbons (Fsp3) is 0.143. The van der Waals surface area contributed by atoms with Crippen molar-refractivity contribution in [3.05, 3.63) is 71.7 Å². The number of nitrogens with one attached hydrogen (secondary N) is 2. The number of ether oxygens (including phenoxy) is 1. The highest BCUT2D eigenvalue weighted by Crippen LogP contribution is 2.28. The average molecular weight is 409 g/mol. The molecule has 2 N–H and O–H groups in total. The van der Waals surface area contributed by atoms with Crippen LogP contribution in [-0.2, 0) is 4.74 Å². The Balaban J connectivity index is 1.69. The van der Waals surface area contributed by atoms with E-state index >= 15 is 0 Å². The Morgan fingerprint density at radius 2 is 1.93 bits per heavy atom. The predicted molar refractivity (Wildman–Crippen MR) is 107 cm³/mol. The second-order valence-corrected chi connectivity index (χ2v) is 6.62. The number of halogens is 2. The van der Waals surface area contributed by atoms with Crippen molar-refractivity contribution in [3.63, 3.8) is 0 Å². The van der Waals surface area contributed by atoms with Gasteiger partial charge in [0.25, 0.3) is 0 Å². The van der Waals surface area contributed by atoms with Gasteiger partial charge in [0.05, 0.1) is 24.9 Å². The van der Waals surface area contributed by atoms with E-state index in [2.05, 4.69) is 25.3 Å². The van der Waals surface area contributed by atoms with Crippen LogP contribution in [0.4, 0.5) is 14.6 Å². The summed E-state index contributed by atoms with van der Waals surface area (Å²) in [5, 5.41) is 3.59. The first-order valence-electron chi connectivity index (χ1n) is 9.06. The van der Waals surface area contributed by atoms with Crippen LogP contribution in [0.15, 0.2) is 48.9 Å². The number of carbonyl (C=O) groups excluding carboxylic acids is 1. The van der Waals surface area contributed by atoms with Gasteiger partial charge in [-0.15, -0.1) is 0 Å². The third kappa shape index (κ3) is 3.69. The van der Waals surface area contributed by atoms with Crippen LogP contribution in [0.5, 0.6) is 0 Å². The van der Waals surface area contributed by atoms with E-state index in [0.717, 1.165) is 11.8 Å². The van der Waals surface area contributed by atoms with E-state index in [0.29, 0.717) is 16.6 Å². The third-order valence-electron chi connectivity index (χ3n) is 4.66. The molecule has 4 aromatic rings. The van der Waals surface area contributed by atoms with Crippen LogP contribution in [-0.4, -0.2) is 33.0 Å². The van der Waals surface area contributed by atoms with Crippen LogP contribution in [0.1, 0.15) is 28.9 Å². The summed E-state index contributed by atoms with van der Waals surface area (Å²) >= 11 is 0. The minimum Gasteiger partial charge on any atom is -0.465 e. The monoisotopic (exact) mass is 409 g/mol. The van der Waals surface area contributed by atoms with Gasteiger partial charge in [-0.05, 0) is 30.7 Å². The summed E-state index contributed by atoms with van der Waals surface area (Å²) < 4.78 is 32.2. The lowest BCUT2D eigenvalue weighted by Crippen LogP contribution is -2.10. The van der Waals surface area contributed by atoms with Crippen LogP contribution in [0.3, 0.4) is 0 Å². The molecule has 0 bridgehead atoms. The summed E-state index contributed by atoms with van der Waals surface area (Å²) in [6.07, 6.45) is 4.11. The fourth-order valence-corrected chi connectivity index (χ4v) is 3.06. The molecule has 0 aliphatic heterocycles. The zero-order chi connectivity index (χ0) is 21.3. The third-order valence-corrected chi connectivity index (χ3v) is 4.66. The molecule has 0 unspecified atom stereocenters. The Morgan fingerprint density at radius 1 is 1.17 bits per heavy atom. The number of hydrogen-bond donors (Lipinski definition) is 2. The van der Waals surface area contributed by atoms with Gasteiger partial charge in [-0.1, -0.05) is 12.1 Å². The topological polar surface area (TPSA) is 92.8 Å². The molecule has 152 valence electrons. The van der Waals surface area contributed by atoms with Crippen molar-refractivity contribution in [2.24, 2.45) is 0 Å². The number of rotatable bonds is 5. The predicted octanol–water partition coefficient (Wildman–Crippen LogP) is 4.26. The molecule has 0 fully saturated rings. The van der Waals surface area contributed by atoms with Crippen LogP contribution in [0.25, 0.3) is 22.4 Å². The van der Waals surface area contributed by atoms with Gasteiger partial charge in [0, 0.05) is 23.3 Å². The first kappa shape index (κ1) is 19.4. The summed E-state index contributed by atoms with van der Waals surface area (Å²) in [4.78, 5) is 27.4. The molecule has 4 rings (SSSR count). The molecule has 3 heterocycles. The largest absolute Gasteiger partial charge is 0.465 e. The van der Waals surface area contributed by atoms with Gasteiger partial charge in [-0.3, -0.25) is 0 Å². The number of methoxy groups -OCH3 is 1. The van der Waals surface area contributed by atoms with Gasteiger partial charge < -0.3 is 15.0 Å². The van der Waals surface area contributed by atoms with Gasteiger partial charge in [-0.2, -0.15) is 0 Å². The Morgan fingerprint density at radius 3 is 2.67 bits per heavy atom. The molecule has 0 amide bonds. The van der Waals surface area contributed by atoms with E-state index in [4.69, 9.17) is 4.74 Å². The number of nitrogens with zero attached hydrogens (tertiary/aromatic N) is 3. The Hall–Kier alpha value is -3.88. The van der Waals surface area contributed by atoms with Crippen LogP contribution >= 0.6 is 0 Å². The summed E-state index contributed by atoms with van der Waals surface area (Å²) in [6.45, 7) is 1.81. The number of fused-ring (bicyclic) bond motifs is 1. The van der Waals surface area contributed by atoms with E-state index in [1.165, 1.54) is 25.4 Å². The lowest BCUT2D eigenvalue weighted by atomic mass is 10.1. The van der Waals surface area contributed by atoms with E-state index < -0.39 is 11.8 Å². The van der Waals surface area contributed by atoms with E-state index in [9.17, 15) is 13.6 Å². The van der Waals surface area contributed by atoms with Crippen molar-refractivity contribution in [1.29, 1.82) is 0 Å². The molecule has 3 aromatic heterocycles. The van der Waals surface area contributed by atoms with Crippen molar-refractivity contribution >= 4 is 22.8 Å². The molecule has 7 nitrogen and oxygen atoms in total. The van der Waals surface area contributed by atoms with E-state index in [-0.39, 0.29) is 29.1 Å². The smallest absolute Gasteiger partial charge is 0.339 e. The summed E-state index contributed by atoms with van der Waals surface area (Å²) in [7, 11) is 1.29. The highest BCUT2D eigenvalue weighted by Gasteiger charge is 2.17. The fourth-order valence-electron chi connectivity index (χ4n) is 3.06. The van der Waals surface area contributed by atoms with Gasteiger partial charge in [0.15, 0.2) is 17.5 Å². The number of benzene rings is 1. The molecule has 0 aliphatic carbocycles. The second kappa shape index (κ2) is 7.86. The van der Waals surface area contributed by atoms with Gasteiger partial charge in [0.1, 0.15) is 11.5 Å². The normalized spacial score (nSPS) is 12.0. The molecule has 30 heavy (non-hydrogen) atoms. The van der Waals surface area contributed by atoms with E-state index in [1.54, 1.807) is 24.4 Å². The maximum absolute atomic E-state index is 14.4. The Labute approximate surface area is 170 Å². The Bertz CT molecular complexity index is 1220. The van der Waals surface area contributed by atoms with Crippen LogP contribution in [0.2, 0.25) is 0 Å². The van der Waals surface area contributed by atoms with Gasteiger partial charge >= 0.3 is 5.97 Å². The number of aromatic amines is 1. The quantitative estimate of drug-likeness (QED) is 0.479. The number of hydrogen-bond acceptors (Lipinski definition) is 6. The van der Waals surface area contributed by atoms with Crippen LogP contribution < -0.4 is 5.32 Å². The molecule has 9 heteroatoms. The highest BCUT2D eigenvalue weighted by molar-refractivity contribution is 5.98. The molecule has 0 spiro atoms. The second-order valence-electron chi connectivity index (χ2n) is 6.62. The van der Waals surface area contributed by atoms with Crippen molar-refractivity contribution in [2.45, 2.75) is 13.0 Å².